The van der Waals surface area contributed by atoms with E-state index in [2.05, 4.69) is 30.8 Å². The number of carbonyl (C=O) groups excluding carboxylic acids is 1. The predicted molar refractivity (Wildman–Crippen MR) is 96.7 cm³/mol. The third-order valence-corrected chi connectivity index (χ3v) is 3.88. The average molecular weight is 336 g/mol. The number of nitrogens with one attached hydrogen (secondary N) is 3. The van der Waals surface area contributed by atoms with Crippen molar-refractivity contribution in [3.05, 3.63) is 65.4 Å². The van der Waals surface area contributed by atoms with Crippen LogP contribution in [0.4, 0.5) is 11.5 Å². The van der Waals surface area contributed by atoms with Gasteiger partial charge in [-0.25, -0.2) is 9.97 Å². The number of hydrogen-bond acceptors (Lipinski definition) is 5. The molecule has 0 aliphatic rings. The Balaban J connectivity index is 1.72. The summed E-state index contributed by atoms with van der Waals surface area (Å²) in [6.07, 6.45) is 4.46. The van der Waals surface area contributed by atoms with E-state index in [9.17, 15) is 4.79 Å². The van der Waals surface area contributed by atoms with E-state index in [1.54, 1.807) is 6.20 Å². The smallest absolute Gasteiger partial charge is 0.293 e. The Bertz CT molecular complexity index is 846. The van der Waals surface area contributed by atoms with Crippen molar-refractivity contribution < 1.29 is 4.79 Å². The van der Waals surface area contributed by atoms with Crippen molar-refractivity contribution >= 4 is 17.4 Å². The van der Waals surface area contributed by atoms with Gasteiger partial charge in [-0.2, -0.15) is 5.10 Å². The van der Waals surface area contributed by atoms with Crippen molar-refractivity contribution in [2.75, 3.05) is 17.2 Å². The molecule has 0 spiro atoms. The zero-order chi connectivity index (χ0) is 17.6. The van der Waals surface area contributed by atoms with Crippen LogP contribution in [-0.4, -0.2) is 32.6 Å². The van der Waals surface area contributed by atoms with Crippen LogP contribution >= 0.6 is 0 Å². The van der Waals surface area contributed by atoms with E-state index >= 15 is 0 Å². The van der Waals surface area contributed by atoms with Crippen LogP contribution < -0.4 is 10.6 Å². The highest BCUT2D eigenvalue weighted by atomic mass is 16.2. The maximum atomic E-state index is 12.4. The first kappa shape index (κ1) is 16.6. The van der Waals surface area contributed by atoms with Crippen molar-refractivity contribution in [2.24, 2.45) is 0 Å². The molecular formula is C18H20N6O. The van der Waals surface area contributed by atoms with Gasteiger partial charge < -0.3 is 10.6 Å². The number of nitrogens with zero attached hydrogens (tertiary/aromatic N) is 3. The lowest BCUT2D eigenvalue weighted by molar-refractivity contribution is 0.101. The minimum atomic E-state index is -0.327. The number of amides is 1. The first-order chi connectivity index (χ1) is 12.1. The molecule has 0 radical (unpaired) electrons. The Morgan fingerprint density at radius 2 is 1.96 bits per heavy atom. The maximum absolute atomic E-state index is 12.4. The van der Waals surface area contributed by atoms with Gasteiger partial charge in [-0.05, 0) is 38.0 Å². The summed E-state index contributed by atoms with van der Waals surface area (Å²) >= 11 is 0. The molecule has 2 aromatic heterocycles. The van der Waals surface area contributed by atoms with Crippen molar-refractivity contribution in [3.8, 4) is 0 Å². The number of carbonyl (C=O) groups is 1. The minimum absolute atomic E-state index is 0.151. The molecule has 25 heavy (non-hydrogen) atoms. The van der Waals surface area contributed by atoms with Gasteiger partial charge in [-0.15, -0.1) is 0 Å². The highest BCUT2D eigenvalue weighted by Crippen LogP contribution is 2.16. The predicted octanol–water partition coefficient (Wildman–Crippen LogP) is 2.72. The number of aromatic nitrogens is 4. The third-order valence-electron chi connectivity index (χ3n) is 3.88. The van der Waals surface area contributed by atoms with E-state index in [4.69, 9.17) is 0 Å². The van der Waals surface area contributed by atoms with Crippen molar-refractivity contribution in [3.63, 3.8) is 0 Å². The molecule has 1 aromatic carbocycles. The van der Waals surface area contributed by atoms with Gasteiger partial charge in [0.05, 0.1) is 6.20 Å². The molecule has 0 saturated heterocycles. The molecule has 0 fully saturated rings. The Morgan fingerprint density at radius 3 is 2.68 bits per heavy atom. The van der Waals surface area contributed by atoms with Crippen molar-refractivity contribution in [2.45, 2.75) is 20.3 Å². The summed E-state index contributed by atoms with van der Waals surface area (Å²) in [4.78, 5) is 21.1. The molecule has 0 atom stereocenters. The van der Waals surface area contributed by atoms with Crippen LogP contribution in [0.25, 0.3) is 0 Å². The lowest BCUT2D eigenvalue weighted by Gasteiger charge is -2.12. The number of aryl methyl sites for hydroxylation is 1. The number of hydrogen-bond donors (Lipinski definition) is 3. The average Bonchev–Trinajstić information content (AvgIpc) is 3.12. The lowest BCUT2D eigenvalue weighted by atomic mass is 10.2. The molecule has 0 bridgehead atoms. The van der Waals surface area contributed by atoms with Crippen LogP contribution in [-0.2, 0) is 6.42 Å². The monoisotopic (exact) mass is 336 g/mol. The number of anilines is 2. The summed E-state index contributed by atoms with van der Waals surface area (Å²) in [5.41, 5.74) is 3.53. The van der Waals surface area contributed by atoms with Crippen LogP contribution in [0.3, 0.4) is 0 Å². The van der Waals surface area contributed by atoms with Gasteiger partial charge in [0.2, 0.25) is 5.82 Å². The largest absolute Gasteiger partial charge is 0.369 e. The summed E-state index contributed by atoms with van der Waals surface area (Å²) in [5.74, 6) is 0.499. The van der Waals surface area contributed by atoms with Crippen LogP contribution in [0.2, 0.25) is 0 Å². The van der Waals surface area contributed by atoms with Gasteiger partial charge in [-0.3, -0.25) is 9.89 Å². The fourth-order valence-electron chi connectivity index (χ4n) is 2.35. The van der Waals surface area contributed by atoms with E-state index in [1.807, 2.05) is 50.4 Å². The van der Waals surface area contributed by atoms with Crippen molar-refractivity contribution in [1.29, 1.82) is 0 Å². The van der Waals surface area contributed by atoms with Crippen LogP contribution in [0, 0.1) is 13.8 Å². The summed E-state index contributed by atoms with van der Waals surface area (Å²) in [7, 11) is 0. The van der Waals surface area contributed by atoms with Crippen molar-refractivity contribution in [1.82, 2.24) is 20.2 Å². The second-order valence-corrected chi connectivity index (χ2v) is 5.71. The second kappa shape index (κ2) is 7.57. The van der Waals surface area contributed by atoms with Crippen LogP contribution in [0.5, 0.6) is 0 Å². The zero-order valence-electron chi connectivity index (χ0n) is 14.2. The Labute approximate surface area is 145 Å². The molecule has 2 heterocycles. The minimum Gasteiger partial charge on any atom is -0.369 e. The second-order valence-electron chi connectivity index (χ2n) is 5.71. The number of H-pyrrole nitrogens is 1. The Hall–Kier alpha value is -3.22. The molecule has 0 aliphatic carbocycles. The zero-order valence-corrected chi connectivity index (χ0v) is 14.2. The van der Waals surface area contributed by atoms with Gasteiger partial charge >= 0.3 is 0 Å². The van der Waals surface area contributed by atoms with E-state index in [0.29, 0.717) is 18.1 Å². The molecular weight excluding hydrogens is 316 g/mol. The fraction of sp³-hybridized carbons (Fsp3) is 0.222. The van der Waals surface area contributed by atoms with Crippen LogP contribution in [0.1, 0.15) is 27.4 Å². The molecule has 3 rings (SSSR count). The summed E-state index contributed by atoms with van der Waals surface area (Å²) < 4.78 is 0. The number of para-hydroxylation sites is 1. The highest BCUT2D eigenvalue weighted by Gasteiger charge is 2.14. The summed E-state index contributed by atoms with van der Waals surface area (Å²) in [5, 5.41) is 12.8. The van der Waals surface area contributed by atoms with Gasteiger partial charge in [0.25, 0.3) is 5.91 Å². The molecule has 0 unspecified atom stereocenters. The van der Waals surface area contributed by atoms with E-state index < -0.39 is 0 Å². The Morgan fingerprint density at radius 1 is 1.16 bits per heavy atom. The molecule has 3 aromatic rings. The first-order valence-corrected chi connectivity index (χ1v) is 8.06. The maximum Gasteiger partial charge on any atom is 0.293 e. The first-order valence-electron chi connectivity index (χ1n) is 8.06. The van der Waals surface area contributed by atoms with Gasteiger partial charge in [0, 0.05) is 29.7 Å². The van der Waals surface area contributed by atoms with E-state index in [1.165, 1.54) is 0 Å². The number of aromatic amines is 1. The van der Waals surface area contributed by atoms with E-state index in [-0.39, 0.29) is 11.7 Å². The topological polar surface area (TPSA) is 95.6 Å². The molecule has 128 valence electrons. The van der Waals surface area contributed by atoms with Crippen LogP contribution in [0.15, 0.2) is 42.7 Å². The lowest BCUT2D eigenvalue weighted by Crippen LogP contribution is -2.19. The third kappa shape index (κ3) is 4.20. The highest BCUT2D eigenvalue weighted by molar-refractivity contribution is 6.01. The molecule has 0 aliphatic heterocycles. The molecule has 7 nitrogen and oxygen atoms in total. The number of rotatable bonds is 6. The quantitative estimate of drug-likeness (QED) is 0.643. The van der Waals surface area contributed by atoms with Gasteiger partial charge in [0.15, 0.2) is 0 Å². The standard InChI is InChI=1S/C18H20N6O/c1-12-13(2)22-17(18(25)23-15-6-4-3-5-7-15)24-16(12)19-9-8-14-10-20-21-11-14/h3-7,10-11H,8-9H2,1-2H3,(H,20,21)(H,23,25)(H,19,22,24). The molecule has 7 heteroatoms. The van der Waals surface area contributed by atoms with Gasteiger partial charge in [0.1, 0.15) is 5.82 Å². The summed E-state index contributed by atoms with van der Waals surface area (Å²) in [6.45, 7) is 4.50. The van der Waals surface area contributed by atoms with E-state index in [0.717, 1.165) is 23.2 Å². The van der Waals surface area contributed by atoms with Gasteiger partial charge in [-0.1, -0.05) is 18.2 Å². The molecule has 1 amide bonds. The molecule has 3 N–H and O–H groups in total. The summed E-state index contributed by atoms with van der Waals surface area (Å²) in [6, 6.07) is 9.26. The normalized spacial score (nSPS) is 10.5. The SMILES string of the molecule is Cc1nc(C(=O)Nc2ccccc2)nc(NCCc2cn[nH]c2)c1C. The number of benzene rings is 1. The molecule has 0 saturated carbocycles. The Kier molecular flexibility index (Phi) is 5.03. The fourth-order valence-corrected chi connectivity index (χ4v) is 2.35.